The Balaban J connectivity index is 2.79. The highest BCUT2D eigenvalue weighted by Crippen LogP contribution is 2.35. The van der Waals surface area contributed by atoms with E-state index in [4.69, 9.17) is 4.74 Å². The zero-order valence-corrected chi connectivity index (χ0v) is 14.7. The third kappa shape index (κ3) is 5.47. The van der Waals surface area contributed by atoms with Gasteiger partial charge < -0.3 is 9.84 Å². The second-order valence-corrected chi connectivity index (χ2v) is 6.58. The largest absolute Gasteiger partial charge is 0.481 e. The highest BCUT2D eigenvalue weighted by Gasteiger charge is 2.42. The molecule has 7 heteroatoms. The predicted octanol–water partition coefficient (Wildman–Crippen LogP) is 4.78. The fraction of sp³-hybridized carbons (Fsp3) is 0.556. The summed E-state index contributed by atoms with van der Waals surface area (Å²) in [7, 11) is 0. The maximum atomic E-state index is 12.5. The number of alkyl halides is 3. The van der Waals surface area contributed by atoms with Gasteiger partial charge in [0.05, 0.1) is 5.41 Å². The van der Waals surface area contributed by atoms with Crippen molar-refractivity contribution in [3.8, 4) is 5.75 Å². The van der Waals surface area contributed by atoms with Gasteiger partial charge in [-0.25, -0.2) is 0 Å². The molecule has 0 radical (unpaired) electrons. The number of carbonyl (C=O) groups is 2. The van der Waals surface area contributed by atoms with Crippen molar-refractivity contribution in [2.75, 3.05) is 0 Å². The molecule has 0 bridgehead atoms. The molecule has 0 spiro atoms. The average Bonchev–Trinajstić information content (AvgIpc) is 2.53. The predicted molar refractivity (Wildman–Crippen MR) is 86.4 cm³/mol. The number of carbonyl (C=O) groups excluding carboxylic acids is 1. The lowest BCUT2D eigenvalue weighted by atomic mass is 9.77. The number of ether oxygens (including phenoxy) is 1. The minimum Gasteiger partial charge on any atom is -0.481 e. The van der Waals surface area contributed by atoms with Crippen LogP contribution in [-0.4, -0.2) is 23.2 Å². The molecule has 1 aromatic carbocycles. The summed E-state index contributed by atoms with van der Waals surface area (Å²) in [6.45, 7) is 6.12. The number of rotatable bonds is 7. The Bertz CT molecular complexity index is 610. The summed E-state index contributed by atoms with van der Waals surface area (Å²) in [6, 6.07) is 6.08. The van der Waals surface area contributed by atoms with Crippen molar-refractivity contribution < 1.29 is 32.6 Å². The normalized spacial score (nSPS) is 16.6. The lowest BCUT2D eigenvalue weighted by Crippen LogP contribution is -2.31. The Morgan fingerprint density at radius 3 is 2.08 bits per heavy atom. The van der Waals surface area contributed by atoms with Crippen LogP contribution in [0.15, 0.2) is 24.3 Å². The van der Waals surface area contributed by atoms with Crippen LogP contribution in [0, 0.1) is 11.3 Å². The molecule has 3 unspecified atom stereocenters. The first kappa shape index (κ1) is 21.0. The van der Waals surface area contributed by atoms with Crippen LogP contribution in [0.4, 0.5) is 13.2 Å². The van der Waals surface area contributed by atoms with Crippen molar-refractivity contribution in [1.29, 1.82) is 0 Å². The molecule has 0 saturated heterocycles. The van der Waals surface area contributed by atoms with E-state index in [9.17, 15) is 27.9 Å². The zero-order valence-electron chi connectivity index (χ0n) is 14.7. The molecule has 0 heterocycles. The minimum atomic E-state index is -4.65. The number of aliphatic carboxylic acids is 1. The number of esters is 1. The molecule has 0 aromatic heterocycles. The first-order valence-corrected chi connectivity index (χ1v) is 8.02. The van der Waals surface area contributed by atoms with E-state index in [2.05, 4.69) is 0 Å². The van der Waals surface area contributed by atoms with Gasteiger partial charge in [0.1, 0.15) is 11.7 Å². The maximum Gasteiger partial charge on any atom is 0.401 e. The van der Waals surface area contributed by atoms with Gasteiger partial charge >= 0.3 is 18.1 Å². The molecular weight excluding hydrogens is 337 g/mol. The van der Waals surface area contributed by atoms with Gasteiger partial charge in [0, 0.05) is 0 Å². The number of carboxylic acid groups (broad SMARTS) is 1. The van der Waals surface area contributed by atoms with Gasteiger partial charge in [-0.15, -0.1) is 0 Å². The number of halogens is 3. The van der Waals surface area contributed by atoms with Gasteiger partial charge in [-0.3, -0.25) is 9.59 Å². The van der Waals surface area contributed by atoms with Crippen molar-refractivity contribution in [2.45, 2.75) is 52.6 Å². The van der Waals surface area contributed by atoms with Crippen molar-refractivity contribution in [3.05, 3.63) is 29.8 Å². The van der Waals surface area contributed by atoms with Gasteiger partial charge in [0.2, 0.25) is 0 Å². The van der Waals surface area contributed by atoms with Gasteiger partial charge in [-0.2, -0.15) is 13.2 Å². The summed E-state index contributed by atoms with van der Waals surface area (Å²) in [4.78, 5) is 22.9. The summed E-state index contributed by atoms with van der Waals surface area (Å²) in [5.41, 5.74) is -0.0308. The van der Waals surface area contributed by atoms with Crippen LogP contribution >= 0.6 is 0 Å². The molecule has 140 valence electrons. The second-order valence-electron chi connectivity index (χ2n) is 6.58. The van der Waals surface area contributed by atoms with Crippen LogP contribution in [0.5, 0.6) is 5.75 Å². The van der Waals surface area contributed by atoms with Gasteiger partial charge in [-0.1, -0.05) is 26.0 Å². The SMILES string of the molecule is CCC(C)(CC(C)c1ccc(OC(=O)C(C)C(F)(F)F)cc1)C(=O)O. The van der Waals surface area contributed by atoms with Crippen molar-refractivity contribution in [2.24, 2.45) is 11.3 Å². The summed E-state index contributed by atoms with van der Waals surface area (Å²) >= 11 is 0. The number of hydrogen-bond donors (Lipinski definition) is 1. The van der Waals surface area contributed by atoms with Crippen molar-refractivity contribution in [1.82, 2.24) is 0 Å². The molecule has 1 rings (SSSR count). The van der Waals surface area contributed by atoms with E-state index in [1.54, 1.807) is 19.1 Å². The van der Waals surface area contributed by atoms with Crippen LogP contribution in [0.1, 0.15) is 52.0 Å². The van der Waals surface area contributed by atoms with Crippen LogP contribution in [0.2, 0.25) is 0 Å². The molecule has 3 atom stereocenters. The molecule has 0 aliphatic carbocycles. The summed E-state index contributed by atoms with van der Waals surface area (Å²) in [5, 5.41) is 9.34. The van der Waals surface area contributed by atoms with Crippen LogP contribution in [-0.2, 0) is 9.59 Å². The monoisotopic (exact) mass is 360 g/mol. The summed E-state index contributed by atoms with van der Waals surface area (Å²) in [6.07, 6.45) is -3.74. The Morgan fingerprint density at radius 2 is 1.68 bits per heavy atom. The summed E-state index contributed by atoms with van der Waals surface area (Å²) < 4.78 is 42.2. The zero-order chi connectivity index (χ0) is 19.4. The molecule has 1 N–H and O–H groups in total. The Labute approximate surface area is 145 Å². The first-order chi connectivity index (χ1) is 11.4. The van der Waals surface area contributed by atoms with Crippen LogP contribution in [0.25, 0.3) is 0 Å². The van der Waals surface area contributed by atoms with E-state index in [0.29, 0.717) is 12.8 Å². The quantitative estimate of drug-likeness (QED) is 0.561. The first-order valence-electron chi connectivity index (χ1n) is 8.02. The minimum absolute atomic E-state index is 0.0218. The molecule has 25 heavy (non-hydrogen) atoms. The molecule has 0 aliphatic rings. The Morgan fingerprint density at radius 1 is 1.16 bits per heavy atom. The van der Waals surface area contributed by atoms with E-state index in [1.807, 2.05) is 13.8 Å². The Hall–Kier alpha value is -2.05. The molecule has 0 saturated carbocycles. The third-order valence-corrected chi connectivity index (χ3v) is 4.57. The van der Waals surface area contributed by atoms with Gasteiger partial charge in [-0.05, 0) is 50.3 Å². The summed E-state index contributed by atoms with van der Waals surface area (Å²) in [5.74, 6) is -4.48. The van der Waals surface area contributed by atoms with E-state index < -0.39 is 29.4 Å². The Kier molecular flexibility index (Phi) is 6.62. The third-order valence-electron chi connectivity index (χ3n) is 4.57. The van der Waals surface area contributed by atoms with Gasteiger partial charge in [0.15, 0.2) is 0 Å². The van der Waals surface area contributed by atoms with Crippen molar-refractivity contribution in [3.63, 3.8) is 0 Å². The molecule has 1 aromatic rings. The highest BCUT2D eigenvalue weighted by atomic mass is 19.4. The number of carboxylic acids is 1. The van der Waals surface area contributed by atoms with E-state index in [-0.39, 0.29) is 11.7 Å². The lowest BCUT2D eigenvalue weighted by molar-refractivity contribution is -0.187. The molecular formula is C18H23F3O4. The molecule has 0 aliphatic heterocycles. The van der Waals surface area contributed by atoms with E-state index >= 15 is 0 Å². The van der Waals surface area contributed by atoms with Crippen LogP contribution < -0.4 is 4.74 Å². The van der Waals surface area contributed by atoms with E-state index in [0.717, 1.165) is 12.5 Å². The standard InChI is InChI=1S/C18H23F3O4/c1-5-17(4,16(23)24)10-11(2)13-6-8-14(9-7-13)25-15(22)12(3)18(19,20)21/h6-9,11-12H,5,10H2,1-4H3,(H,23,24). The molecule has 4 nitrogen and oxygen atoms in total. The number of hydrogen-bond acceptors (Lipinski definition) is 3. The maximum absolute atomic E-state index is 12.5. The van der Waals surface area contributed by atoms with E-state index in [1.165, 1.54) is 12.1 Å². The highest BCUT2D eigenvalue weighted by molar-refractivity contribution is 5.75. The fourth-order valence-corrected chi connectivity index (χ4v) is 2.38. The smallest absolute Gasteiger partial charge is 0.401 e. The lowest BCUT2D eigenvalue weighted by Gasteiger charge is -2.27. The van der Waals surface area contributed by atoms with Crippen molar-refractivity contribution >= 4 is 11.9 Å². The molecule has 0 fully saturated rings. The average molecular weight is 360 g/mol. The van der Waals surface area contributed by atoms with Crippen LogP contribution in [0.3, 0.4) is 0 Å². The number of benzene rings is 1. The topological polar surface area (TPSA) is 63.6 Å². The fourth-order valence-electron chi connectivity index (χ4n) is 2.38. The van der Waals surface area contributed by atoms with Gasteiger partial charge in [0.25, 0.3) is 0 Å². The second kappa shape index (κ2) is 7.89. The molecule has 0 amide bonds.